The summed E-state index contributed by atoms with van der Waals surface area (Å²) in [5, 5.41) is 0. The van der Waals surface area contributed by atoms with Gasteiger partial charge >= 0.3 is 98.6 Å². The zero-order valence-electron chi connectivity index (χ0n) is 15.1. The van der Waals surface area contributed by atoms with Gasteiger partial charge in [-0.05, 0) is 0 Å². The fourth-order valence-corrected chi connectivity index (χ4v) is 5.05. The Morgan fingerprint density at radius 3 is 1.35 bits per heavy atom. The van der Waals surface area contributed by atoms with Gasteiger partial charge in [-0.15, -0.1) is 0 Å². The van der Waals surface area contributed by atoms with Crippen LogP contribution in [0.15, 0.2) is 0 Å². The van der Waals surface area contributed by atoms with E-state index in [-0.39, 0.29) is 0 Å². The van der Waals surface area contributed by atoms with Crippen LogP contribution in [0.1, 0.15) is 110 Å². The molecule has 138 valence electrons. The minimum absolute atomic E-state index is 0.541. The van der Waals surface area contributed by atoms with Crippen molar-refractivity contribution in [2.24, 2.45) is 0 Å². The first kappa shape index (κ1) is 22.1. The van der Waals surface area contributed by atoms with Crippen LogP contribution in [-0.2, 0) is 10.3 Å². The van der Waals surface area contributed by atoms with Gasteiger partial charge in [0, 0.05) is 0 Å². The molecule has 0 radical (unpaired) electrons. The van der Waals surface area contributed by atoms with Crippen molar-refractivity contribution < 1.29 is 10.3 Å². The second kappa shape index (κ2) is 17.9. The summed E-state index contributed by atoms with van der Waals surface area (Å²) in [7, 11) is -0.884. The molecule has 0 aromatic heterocycles. The Labute approximate surface area is 156 Å². The molecule has 0 atom stereocenters. The predicted octanol–water partition coefficient (Wildman–Crippen LogP) is 7.07. The SMILES string of the molecule is CCCCCCCCCCCCCCCCCCOP1O[Te]O1. The Kier molecular flexibility index (Phi) is 17.2. The molecule has 0 amide bonds. The summed E-state index contributed by atoms with van der Waals surface area (Å²) in [6.45, 7) is 3.11. The summed E-state index contributed by atoms with van der Waals surface area (Å²) in [6, 6.07) is 0. The summed E-state index contributed by atoms with van der Waals surface area (Å²) in [5.74, 6) is 0. The topological polar surface area (TPSA) is 27.7 Å². The maximum atomic E-state index is 5.45. The average molecular weight is 460 g/mol. The summed E-state index contributed by atoms with van der Waals surface area (Å²) in [4.78, 5) is 0. The maximum absolute atomic E-state index is 5.45. The van der Waals surface area contributed by atoms with Gasteiger partial charge in [0.15, 0.2) is 0 Å². The van der Waals surface area contributed by atoms with Gasteiger partial charge in [-0.2, -0.15) is 0 Å². The van der Waals surface area contributed by atoms with Gasteiger partial charge in [-0.25, -0.2) is 0 Å². The molecule has 0 aromatic rings. The Morgan fingerprint density at radius 2 is 1.00 bits per heavy atom. The van der Waals surface area contributed by atoms with E-state index in [1.54, 1.807) is 0 Å². The quantitative estimate of drug-likeness (QED) is 0.124. The van der Waals surface area contributed by atoms with Crippen LogP contribution >= 0.6 is 8.60 Å². The van der Waals surface area contributed by atoms with Crippen molar-refractivity contribution in [1.29, 1.82) is 0 Å². The Bertz CT molecular complexity index is 240. The van der Waals surface area contributed by atoms with Crippen molar-refractivity contribution in [3.05, 3.63) is 0 Å². The number of unbranched alkanes of at least 4 members (excludes halogenated alkanes) is 15. The van der Waals surface area contributed by atoms with Gasteiger partial charge in [0.25, 0.3) is 0 Å². The third-order valence-corrected chi connectivity index (χ3v) is 8.26. The molecular formula is C18H37O3PTe. The summed E-state index contributed by atoms with van der Waals surface area (Å²) in [6.07, 6.45) is 22.5. The first-order chi connectivity index (χ1) is 11.4. The standard InChI is InChI=1S/C18H37O3PTe/c1-2-3-4-5-6-7-8-9-10-11-12-13-14-15-16-17-18-19-22-20-23-21-22/h2-18H2,1H3. The van der Waals surface area contributed by atoms with E-state index in [1.165, 1.54) is 96.3 Å². The molecule has 23 heavy (non-hydrogen) atoms. The van der Waals surface area contributed by atoms with Crippen molar-refractivity contribution in [3.8, 4) is 0 Å². The molecule has 0 bridgehead atoms. The van der Waals surface area contributed by atoms with E-state index >= 15 is 0 Å². The zero-order valence-corrected chi connectivity index (χ0v) is 18.3. The summed E-state index contributed by atoms with van der Waals surface area (Å²) < 4.78 is 15.9. The van der Waals surface area contributed by atoms with Gasteiger partial charge in [-0.1, -0.05) is 58.3 Å². The molecule has 1 saturated heterocycles. The molecule has 1 fully saturated rings. The third-order valence-electron chi connectivity index (χ3n) is 4.38. The molecule has 1 aliphatic rings. The van der Waals surface area contributed by atoms with Gasteiger partial charge in [-0.3, -0.25) is 0 Å². The molecule has 0 spiro atoms. The van der Waals surface area contributed by atoms with E-state index in [1.807, 2.05) is 0 Å². The van der Waals surface area contributed by atoms with Crippen LogP contribution < -0.4 is 0 Å². The summed E-state index contributed by atoms with van der Waals surface area (Å²) in [5.41, 5.74) is 0. The van der Waals surface area contributed by atoms with E-state index in [0.29, 0.717) is 0 Å². The number of rotatable bonds is 18. The van der Waals surface area contributed by atoms with E-state index in [4.69, 9.17) is 10.3 Å². The predicted molar refractivity (Wildman–Crippen MR) is 100 cm³/mol. The van der Waals surface area contributed by atoms with E-state index in [9.17, 15) is 0 Å². The van der Waals surface area contributed by atoms with Crippen LogP contribution in [0.3, 0.4) is 0 Å². The number of hydrogen-bond donors (Lipinski definition) is 0. The molecule has 3 nitrogen and oxygen atoms in total. The van der Waals surface area contributed by atoms with Gasteiger partial charge < -0.3 is 0 Å². The molecule has 1 aliphatic heterocycles. The fourth-order valence-electron chi connectivity index (χ4n) is 2.89. The zero-order chi connectivity index (χ0) is 16.4. The monoisotopic (exact) mass is 462 g/mol. The first-order valence-electron chi connectivity index (χ1n) is 9.88. The summed E-state index contributed by atoms with van der Waals surface area (Å²) >= 11 is -0.541. The molecule has 0 unspecified atom stereocenters. The van der Waals surface area contributed by atoms with E-state index in [2.05, 4.69) is 6.92 Å². The van der Waals surface area contributed by atoms with Crippen molar-refractivity contribution in [2.75, 3.05) is 6.61 Å². The first-order valence-corrected chi connectivity index (χ1v) is 12.9. The molecule has 0 aromatic carbocycles. The van der Waals surface area contributed by atoms with Crippen LogP contribution in [0.4, 0.5) is 0 Å². The second-order valence-corrected chi connectivity index (χ2v) is 10.5. The minimum atomic E-state index is -0.884. The third kappa shape index (κ3) is 15.1. The molecular weight excluding hydrogens is 423 g/mol. The van der Waals surface area contributed by atoms with Crippen molar-refractivity contribution in [2.45, 2.75) is 110 Å². The van der Waals surface area contributed by atoms with Gasteiger partial charge in [0.05, 0.1) is 0 Å². The van der Waals surface area contributed by atoms with Gasteiger partial charge in [0.2, 0.25) is 0 Å². The molecule has 1 heterocycles. The van der Waals surface area contributed by atoms with Crippen LogP contribution in [-0.4, -0.2) is 28.4 Å². The van der Waals surface area contributed by atoms with E-state index in [0.717, 1.165) is 13.0 Å². The van der Waals surface area contributed by atoms with Crippen LogP contribution in [0.25, 0.3) is 0 Å². The molecule has 0 saturated carbocycles. The Hall–Kier alpha value is 1.10. The van der Waals surface area contributed by atoms with Gasteiger partial charge in [0.1, 0.15) is 0 Å². The van der Waals surface area contributed by atoms with Crippen LogP contribution in [0.2, 0.25) is 0 Å². The molecule has 1 rings (SSSR count). The van der Waals surface area contributed by atoms with Crippen molar-refractivity contribution in [3.63, 3.8) is 0 Å². The normalized spacial score (nSPS) is 15.0. The van der Waals surface area contributed by atoms with Crippen LogP contribution in [0.5, 0.6) is 0 Å². The number of hydrogen-bond acceptors (Lipinski definition) is 3. The molecule has 0 aliphatic carbocycles. The van der Waals surface area contributed by atoms with Crippen LogP contribution in [0, 0.1) is 0 Å². The van der Waals surface area contributed by atoms with Crippen molar-refractivity contribution >= 4 is 30.3 Å². The Balaban J connectivity index is 1.61. The molecule has 0 N–H and O–H groups in total. The Morgan fingerprint density at radius 1 is 0.609 bits per heavy atom. The van der Waals surface area contributed by atoms with E-state index < -0.39 is 30.3 Å². The average Bonchev–Trinajstić information content (AvgIpc) is 2.52. The fraction of sp³-hybridized carbons (Fsp3) is 1.00. The second-order valence-electron chi connectivity index (χ2n) is 6.58. The van der Waals surface area contributed by atoms with Crippen molar-refractivity contribution in [1.82, 2.24) is 0 Å². The molecule has 5 heteroatoms.